The maximum atomic E-state index is 13.9. The molecular formula is C20H23FN2O2. The Hall–Kier alpha value is -2.69. The van der Waals surface area contributed by atoms with Gasteiger partial charge in [-0.05, 0) is 44.0 Å². The van der Waals surface area contributed by atoms with E-state index < -0.39 is 5.82 Å². The second-order valence-electron chi connectivity index (χ2n) is 6.19. The predicted octanol–water partition coefficient (Wildman–Crippen LogP) is 4.13. The molecule has 0 saturated carbocycles. The number of hydrogen-bond donors (Lipinski definition) is 1. The quantitative estimate of drug-likeness (QED) is 0.888. The monoisotopic (exact) mass is 342 g/mol. The average molecular weight is 342 g/mol. The van der Waals surface area contributed by atoms with Gasteiger partial charge < -0.3 is 10.2 Å². The summed E-state index contributed by atoms with van der Waals surface area (Å²) in [6, 6.07) is 10.1. The fourth-order valence-electron chi connectivity index (χ4n) is 2.91. The number of amides is 2. The highest BCUT2D eigenvalue weighted by Crippen LogP contribution is 2.23. The first-order valence-corrected chi connectivity index (χ1v) is 8.20. The molecule has 0 aliphatic rings. The van der Waals surface area contributed by atoms with Crippen molar-refractivity contribution < 1.29 is 14.0 Å². The smallest absolute Gasteiger partial charge is 0.226 e. The fraction of sp³-hybridized carbons (Fsp3) is 0.300. The van der Waals surface area contributed by atoms with Gasteiger partial charge in [0, 0.05) is 25.6 Å². The summed E-state index contributed by atoms with van der Waals surface area (Å²) in [7, 11) is 0. The van der Waals surface area contributed by atoms with E-state index in [9.17, 15) is 14.0 Å². The van der Waals surface area contributed by atoms with Gasteiger partial charge in [-0.25, -0.2) is 4.39 Å². The number of hydrogen-bond acceptors (Lipinski definition) is 2. The molecular weight excluding hydrogens is 319 g/mol. The number of halogens is 1. The minimum absolute atomic E-state index is 0.0840. The minimum Gasteiger partial charge on any atom is -0.326 e. The SMILES string of the molecule is CC(=O)N(CCC(=O)Nc1c(C)cc(C)cc1C)c1ccccc1F. The zero-order valence-electron chi connectivity index (χ0n) is 15.0. The van der Waals surface area contributed by atoms with Gasteiger partial charge in [-0.15, -0.1) is 0 Å². The lowest BCUT2D eigenvalue weighted by atomic mass is 10.0. The molecule has 4 nitrogen and oxygen atoms in total. The molecule has 0 aliphatic heterocycles. The van der Waals surface area contributed by atoms with Crippen LogP contribution in [0.15, 0.2) is 36.4 Å². The number of nitrogens with one attached hydrogen (secondary N) is 1. The maximum Gasteiger partial charge on any atom is 0.226 e. The Bertz CT molecular complexity index is 779. The molecule has 2 aromatic rings. The van der Waals surface area contributed by atoms with Crippen molar-refractivity contribution >= 4 is 23.2 Å². The third-order valence-corrected chi connectivity index (χ3v) is 4.03. The number of aryl methyl sites for hydroxylation is 3. The van der Waals surface area contributed by atoms with Crippen LogP contribution in [0.2, 0.25) is 0 Å². The van der Waals surface area contributed by atoms with Crippen molar-refractivity contribution in [2.24, 2.45) is 0 Å². The first-order valence-electron chi connectivity index (χ1n) is 8.20. The van der Waals surface area contributed by atoms with Crippen LogP contribution < -0.4 is 10.2 Å². The number of anilines is 2. The molecule has 0 atom stereocenters. The molecule has 0 unspecified atom stereocenters. The molecule has 2 rings (SSSR count). The van der Waals surface area contributed by atoms with E-state index in [4.69, 9.17) is 0 Å². The summed E-state index contributed by atoms with van der Waals surface area (Å²) < 4.78 is 13.9. The van der Waals surface area contributed by atoms with E-state index in [1.165, 1.54) is 24.0 Å². The van der Waals surface area contributed by atoms with Gasteiger partial charge in [-0.1, -0.05) is 29.8 Å². The molecule has 2 amide bonds. The highest BCUT2D eigenvalue weighted by Gasteiger charge is 2.17. The Morgan fingerprint density at radius 2 is 1.68 bits per heavy atom. The summed E-state index contributed by atoms with van der Waals surface area (Å²) in [5.74, 6) is -0.999. The molecule has 25 heavy (non-hydrogen) atoms. The number of rotatable bonds is 5. The van der Waals surface area contributed by atoms with E-state index in [0.29, 0.717) is 0 Å². The molecule has 0 spiro atoms. The Balaban J connectivity index is 2.08. The van der Waals surface area contributed by atoms with Crippen LogP contribution in [-0.4, -0.2) is 18.4 Å². The average Bonchev–Trinajstić information content (AvgIpc) is 2.52. The number of benzene rings is 2. The standard InChI is InChI=1S/C20H23FN2O2/c1-13-11-14(2)20(15(3)12-13)22-19(25)9-10-23(16(4)24)18-8-6-5-7-17(18)21/h5-8,11-12H,9-10H2,1-4H3,(H,22,25). The zero-order valence-corrected chi connectivity index (χ0v) is 15.0. The Kier molecular flexibility index (Phi) is 5.91. The third kappa shape index (κ3) is 4.66. The molecule has 0 heterocycles. The van der Waals surface area contributed by atoms with Crippen molar-refractivity contribution in [3.63, 3.8) is 0 Å². The van der Waals surface area contributed by atoms with Crippen molar-refractivity contribution in [1.29, 1.82) is 0 Å². The van der Waals surface area contributed by atoms with Crippen LogP contribution in [0.4, 0.5) is 15.8 Å². The molecule has 0 aliphatic carbocycles. The highest BCUT2D eigenvalue weighted by molar-refractivity contribution is 5.95. The second-order valence-corrected chi connectivity index (χ2v) is 6.19. The fourth-order valence-corrected chi connectivity index (χ4v) is 2.91. The van der Waals surface area contributed by atoms with Crippen LogP contribution in [0, 0.1) is 26.6 Å². The number of para-hydroxylation sites is 1. The number of carbonyl (C=O) groups excluding carboxylic acids is 2. The van der Waals surface area contributed by atoms with Crippen molar-refractivity contribution in [3.05, 3.63) is 58.9 Å². The van der Waals surface area contributed by atoms with Crippen LogP contribution in [-0.2, 0) is 9.59 Å². The summed E-state index contributed by atoms with van der Waals surface area (Å²) >= 11 is 0. The van der Waals surface area contributed by atoms with Gasteiger partial charge in [0.15, 0.2) is 0 Å². The van der Waals surface area contributed by atoms with Crippen molar-refractivity contribution in [3.8, 4) is 0 Å². The summed E-state index contributed by atoms with van der Waals surface area (Å²) in [5, 5.41) is 2.90. The van der Waals surface area contributed by atoms with Crippen LogP contribution in [0.25, 0.3) is 0 Å². The van der Waals surface area contributed by atoms with E-state index >= 15 is 0 Å². The molecule has 0 bridgehead atoms. The molecule has 132 valence electrons. The van der Waals surface area contributed by atoms with E-state index in [0.717, 1.165) is 22.4 Å². The first kappa shape index (κ1) is 18.6. The molecule has 1 N–H and O–H groups in total. The van der Waals surface area contributed by atoms with Crippen molar-refractivity contribution in [2.45, 2.75) is 34.1 Å². The van der Waals surface area contributed by atoms with Gasteiger partial charge >= 0.3 is 0 Å². The van der Waals surface area contributed by atoms with Crippen molar-refractivity contribution in [1.82, 2.24) is 0 Å². The number of nitrogens with zero attached hydrogens (tertiary/aromatic N) is 1. The molecule has 0 radical (unpaired) electrons. The largest absolute Gasteiger partial charge is 0.326 e. The van der Waals surface area contributed by atoms with Gasteiger partial charge in [0.1, 0.15) is 5.82 Å². The lowest BCUT2D eigenvalue weighted by Gasteiger charge is -2.21. The molecule has 0 saturated heterocycles. The highest BCUT2D eigenvalue weighted by atomic mass is 19.1. The molecule has 2 aromatic carbocycles. The summed E-state index contributed by atoms with van der Waals surface area (Å²) in [5.41, 5.74) is 4.09. The molecule has 5 heteroatoms. The first-order chi connectivity index (χ1) is 11.8. The van der Waals surface area contributed by atoms with Gasteiger partial charge in [-0.2, -0.15) is 0 Å². The summed E-state index contributed by atoms with van der Waals surface area (Å²) in [6.07, 6.45) is 0.0840. The van der Waals surface area contributed by atoms with Crippen LogP contribution >= 0.6 is 0 Å². The van der Waals surface area contributed by atoms with E-state index in [2.05, 4.69) is 5.32 Å². The Labute approximate surface area is 147 Å². The third-order valence-electron chi connectivity index (χ3n) is 4.03. The molecule has 0 aromatic heterocycles. The molecule has 0 fully saturated rings. The summed E-state index contributed by atoms with van der Waals surface area (Å²) in [6.45, 7) is 7.36. The van der Waals surface area contributed by atoms with Crippen molar-refractivity contribution in [2.75, 3.05) is 16.8 Å². The van der Waals surface area contributed by atoms with Gasteiger partial charge in [0.2, 0.25) is 11.8 Å². The predicted molar refractivity (Wildman–Crippen MR) is 98.3 cm³/mol. The lowest BCUT2D eigenvalue weighted by Crippen LogP contribution is -2.32. The van der Waals surface area contributed by atoms with Gasteiger partial charge in [-0.3, -0.25) is 9.59 Å². The van der Waals surface area contributed by atoms with Gasteiger partial charge in [0.05, 0.1) is 5.69 Å². The normalized spacial score (nSPS) is 10.4. The lowest BCUT2D eigenvalue weighted by molar-refractivity contribution is -0.117. The minimum atomic E-state index is -0.483. The van der Waals surface area contributed by atoms with Gasteiger partial charge in [0.25, 0.3) is 0 Å². The topological polar surface area (TPSA) is 49.4 Å². The second kappa shape index (κ2) is 7.92. The maximum absolute atomic E-state index is 13.9. The Morgan fingerprint density at radius 1 is 1.08 bits per heavy atom. The number of carbonyl (C=O) groups is 2. The van der Waals surface area contributed by atoms with Crippen LogP contribution in [0.5, 0.6) is 0 Å². The zero-order chi connectivity index (χ0) is 18.6. The van der Waals surface area contributed by atoms with E-state index in [1.807, 2.05) is 32.9 Å². The van der Waals surface area contributed by atoms with E-state index in [-0.39, 0.29) is 30.5 Å². The van der Waals surface area contributed by atoms with Crippen LogP contribution in [0.1, 0.15) is 30.0 Å². The van der Waals surface area contributed by atoms with E-state index in [1.54, 1.807) is 12.1 Å². The summed E-state index contributed by atoms with van der Waals surface area (Å²) in [4.78, 5) is 25.4. The Morgan fingerprint density at radius 3 is 2.24 bits per heavy atom. The van der Waals surface area contributed by atoms with Crippen LogP contribution in [0.3, 0.4) is 0 Å².